The van der Waals surface area contributed by atoms with Crippen molar-refractivity contribution in [3.8, 4) is 34.4 Å². The zero-order valence-corrected chi connectivity index (χ0v) is 25.8. The largest absolute Gasteiger partial charge is 0.192 e. The zero-order valence-electron chi connectivity index (χ0n) is 25.8. The molecule has 0 unspecified atom stereocenters. The molecule has 10 aromatic carbocycles. The number of hydrogen-bond acceptors (Lipinski definition) is 2. The fourth-order valence-electron chi connectivity index (χ4n) is 8.40. The van der Waals surface area contributed by atoms with Crippen molar-refractivity contribution < 1.29 is 0 Å². The van der Waals surface area contributed by atoms with E-state index in [1.807, 2.05) is 12.1 Å². The van der Waals surface area contributed by atoms with E-state index in [9.17, 15) is 10.5 Å². The van der Waals surface area contributed by atoms with Crippen molar-refractivity contribution in [2.24, 2.45) is 0 Å². The van der Waals surface area contributed by atoms with Gasteiger partial charge in [0.2, 0.25) is 0 Å². The van der Waals surface area contributed by atoms with Gasteiger partial charge in [-0.05, 0) is 115 Å². The van der Waals surface area contributed by atoms with E-state index in [0.29, 0.717) is 0 Å². The first-order valence-electron chi connectivity index (χ1n) is 16.1. The van der Waals surface area contributed by atoms with Gasteiger partial charge < -0.3 is 0 Å². The van der Waals surface area contributed by atoms with Crippen LogP contribution in [-0.4, -0.2) is 0 Å². The molecule has 0 saturated heterocycles. The van der Waals surface area contributed by atoms with Gasteiger partial charge in [0, 0.05) is 0 Å². The first kappa shape index (κ1) is 26.5. The number of fused-ring (bicyclic) bond motifs is 8. The van der Waals surface area contributed by atoms with Gasteiger partial charge in [-0.2, -0.15) is 10.5 Å². The lowest BCUT2D eigenvalue weighted by Crippen LogP contribution is -1.91. The SMILES string of the molecule is N#CC(C#N)=Cc1ccc2c3c(-c4ccccc4)c4c(cc5c6ccccc6c6cccc4c65)c(-c4ccccc4)c3c3cccc1c32. The minimum absolute atomic E-state index is 0.0939. The summed E-state index contributed by atoms with van der Waals surface area (Å²) < 4.78 is 0. The Morgan fingerprint density at radius 3 is 1.56 bits per heavy atom. The molecule has 0 spiro atoms. The van der Waals surface area contributed by atoms with Crippen molar-refractivity contribution in [3.05, 3.63) is 151 Å². The Kier molecular flexibility index (Phi) is 5.45. The van der Waals surface area contributed by atoms with Gasteiger partial charge in [-0.15, -0.1) is 0 Å². The summed E-state index contributed by atoms with van der Waals surface area (Å²) in [6, 6.07) is 54.4. The van der Waals surface area contributed by atoms with Crippen molar-refractivity contribution in [3.63, 3.8) is 0 Å². The van der Waals surface area contributed by atoms with E-state index < -0.39 is 0 Å². The number of nitrogens with zero attached hydrogens (tertiary/aromatic N) is 2. The van der Waals surface area contributed by atoms with E-state index >= 15 is 0 Å². The van der Waals surface area contributed by atoms with Gasteiger partial charge in [-0.1, -0.05) is 133 Å². The molecule has 2 nitrogen and oxygen atoms in total. The standard InChI is InChI=1S/C46H24N2/c47-25-27(26-48)23-30-21-22-37-42-31(30)17-9-20-36(42)45-40(28-11-3-1-4-12-28)39-24-38-33-16-8-7-15-32(33)34-18-10-19-35(43(34)38)44(39)41(46(37)45)29-13-5-2-6-14-29/h1-24H. The third-order valence-electron chi connectivity index (χ3n) is 10.2. The van der Waals surface area contributed by atoms with E-state index in [1.54, 1.807) is 6.08 Å². The average molecular weight is 605 g/mol. The summed E-state index contributed by atoms with van der Waals surface area (Å²) in [6.07, 6.45) is 1.71. The molecule has 0 heterocycles. The van der Waals surface area contributed by atoms with E-state index in [1.165, 1.54) is 86.9 Å². The zero-order chi connectivity index (χ0) is 31.9. The number of nitriles is 2. The highest BCUT2D eigenvalue weighted by Gasteiger charge is 2.26. The summed E-state index contributed by atoms with van der Waals surface area (Å²) in [5, 5.41) is 36.4. The molecule has 0 fully saturated rings. The van der Waals surface area contributed by atoms with Gasteiger partial charge in [0.05, 0.1) is 0 Å². The highest BCUT2D eigenvalue weighted by Crippen LogP contribution is 2.54. The monoisotopic (exact) mass is 604 g/mol. The van der Waals surface area contributed by atoms with Crippen molar-refractivity contribution in [1.82, 2.24) is 0 Å². The van der Waals surface area contributed by atoms with E-state index in [2.05, 4.69) is 140 Å². The molecule has 0 aliphatic rings. The van der Waals surface area contributed by atoms with Crippen LogP contribution in [0.15, 0.2) is 145 Å². The minimum Gasteiger partial charge on any atom is -0.192 e. The number of benzene rings is 8. The summed E-state index contributed by atoms with van der Waals surface area (Å²) in [5.74, 6) is 0. The van der Waals surface area contributed by atoms with Gasteiger partial charge in [0.25, 0.3) is 0 Å². The molecule has 0 saturated carbocycles. The van der Waals surface area contributed by atoms with E-state index in [0.717, 1.165) is 16.3 Å². The van der Waals surface area contributed by atoms with Crippen LogP contribution in [0.25, 0.3) is 104 Å². The Balaban J connectivity index is 1.55. The fourth-order valence-corrected chi connectivity index (χ4v) is 8.40. The van der Waals surface area contributed by atoms with Crippen molar-refractivity contribution in [2.75, 3.05) is 0 Å². The predicted octanol–water partition coefficient (Wildman–Crippen LogP) is 12.4. The first-order chi connectivity index (χ1) is 23.8. The Morgan fingerprint density at radius 2 is 0.875 bits per heavy atom. The molecule has 0 aliphatic carbocycles. The molecule has 0 bridgehead atoms. The Bertz CT molecular complexity index is 3030. The second-order valence-electron chi connectivity index (χ2n) is 12.6. The fraction of sp³-hybridized carbons (Fsp3) is 0. The maximum Gasteiger partial charge on any atom is 0.130 e. The molecule has 2 heteroatoms. The number of allylic oxidation sites excluding steroid dienone is 1. The molecule has 0 atom stereocenters. The predicted molar refractivity (Wildman–Crippen MR) is 201 cm³/mol. The van der Waals surface area contributed by atoms with Crippen LogP contribution in [0.3, 0.4) is 0 Å². The van der Waals surface area contributed by atoms with E-state index in [4.69, 9.17) is 0 Å². The molecule has 218 valence electrons. The summed E-state index contributed by atoms with van der Waals surface area (Å²) in [7, 11) is 0. The summed E-state index contributed by atoms with van der Waals surface area (Å²) in [6.45, 7) is 0. The molecule has 0 aliphatic heterocycles. The second kappa shape index (κ2) is 9.88. The molecule has 10 aromatic rings. The van der Waals surface area contributed by atoms with Gasteiger partial charge in [0.15, 0.2) is 0 Å². The Hall–Kier alpha value is -6.74. The van der Waals surface area contributed by atoms with E-state index in [-0.39, 0.29) is 5.57 Å². The Morgan fingerprint density at radius 1 is 0.375 bits per heavy atom. The van der Waals surface area contributed by atoms with Gasteiger partial charge in [0.1, 0.15) is 17.7 Å². The highest BCUT2D eigenvalue weighted by molar-refractivity contribution is 6.45. The summed E-state index contributed by atoms with van der Waals surface area (Å²) in [4.78, 5) is 0. The third-order valence-corrected chi connectivity index (χ3v) is 10.2. The average Bonchev–Trinajstić information content (AvgIpc) is 3.65. The van der Waals surface area contributed by atoms with Crippen molar-refractivity contribution in [2.45, 2.75) is 0 Å². The third kappa shape index (κ3) is 3.44. The number of rotatable bonds is 3. The summed E-state index contributed by atoms with van der Waals surface area (Å²) >= 11 is 0. The quantitative estimate of drug-likeness (QED) is 0.149. The van der Waals surface area contributed by atoms with Gasteiger partial charge in [-0.3, -0.25) is 0 Å². The first-order valence-corrected chi connectivity index (χ1v) is 16.1. The van der Waals surface area contributed by atoms with Crippen LogP contribution in [0, 0.1) is 22.7 Å². The lowest BCUT2D eigenvalue weighted by molar-refractivity contribution is 1.47. The van der Waals surface area contributed by atoms with Gasteiger partial charge >= 0.3 is 0 Å². The Labute approximate surface area is 276 Å². The summed E-state index contributed by atoms with van der Waals surface area (Å²) in [5.41, 5.74) is 5.77. The maximum absolute atomic E-state index is 9.61. The molecule has 0 radical (unpaired) electrons. The maximum atomic E-state index is 9.61. The minimum atomic E-state index is 0.0939. The van der Waals surface area contributed by atoms with Crippen LogP contribution < -0.4 is 0 Å². The molecule has 10 rings (SSSR count). The molecule has 0 aromatic heterocycles. The smallest absolute Gasteiger partial charge is 0.130 e. The van der Waals surface area contributed by atoms with Crippen LogP contribution in [0.2, 0.25) is 0 Å². The van der Waals surface area contributed by atoms with Crippen molar-refractivity contribution >= 4 is 81.5 Å². The van der Waals surface area contributed by atoms with Crippen LogP contribution in [0.4, 0.5) is 0 Å². The van der Waals surface area contributed by atoms with Gasteiger partial charge in [-0.25, -0.2) is 0 Å². The molecule has 0 amide bonds. The molecule has 48 heavy (non-hydrogen) atoms. The molecule has 0 N–H and O–H groups in total. The lowest BCUT2D eigenvalue weighted by Gasteiger charge is -2.19. The highest BCUT2D eigenvalue weighted by atomic mass is 14.3. The molecular weight excluding hydrogens is 581 g/mol. The second-order valence-corrected chi connectivity index (χ2v) is 12.6. The molecular formula is C46H24N2. The van der Waals surface area contributed by atoms with Crippen LogP contribution in [0.5, 0.6) is 0 Å². The number of hydrogen-bond donors (Lipinski definition) is 0. The lowest BCUT2D eigenvalue weighted by atomic mass is 9.84. The van der Waals surface area contributed by atoms with Crippen LogP contribution in [-0.2, 0) is 0 Å². The normalized spacial score (nSPS) is 11.7. The van der Waals surface area contributed by atoms with Crippen LogP contribution in [0.1, 0.15) is 5.56 Å². The van der Waals surface area contributed by atoms with Crippen LogP contribution >= 0.6 is 0 Å². The topological polar surface area (TPSA) is 47.6 Å². The van der Waals surface area contributed by atoms with Crippen molar-refractivity contribution in [1.29, 1.82) is 10.5 Å².